The Morgan fingerprint density at radius 2 is 1.95 bits per heavy atom. The number of esters is 1. The molecule has 1 aliphatic heterocycles. The van der Waals surface area contributed by atoms with E-state index in [2.05, 4.69) is 0 Å². The smallest absolute Gasteiger partial charge is 0.333 e. The maximum atomic E-state index is 11.5. The molecule has 5 N–H and O–H groups in total. The molecule has 0 aromatic heterocycles. The zero-order valence-electron chi connectivity index (χ0n) is 11.3. The van der Waals surface area contributed by atoms with Gasteiger partial charge in [0.15, 0.2) is 0 Å². The lowest BCUT2D eigenvalue weighted by atomic mass is 9.91. The van der Waals surface area contributed by atoms with Gasteiger partial charge in [-0.1, -0.05) is 0 Å². The van der Waals surface area contributed by atoms with Gasteiger partial charge < -0.3 is 35.0 Å². The van der Waals surface area contributed by atoms with Crippen molar-refractivity contribution in [3.8, 4) is 0 Å². The summed E-state index contributed by atoms with van der Waals surface area (Å²) >= 11 is 0. The Bertz CT molecular complexity index is 380. The van der Waals surface area contributed by atoms with E-state index >= 15 is 0 Å². The molecule has 1 saturated heterocycles. The van der Waals surface area contributed by atoms with Crippen LogP contribution in [0.25, 0.3) is 0 Å². The van der Waals surface area contributed by atoms with Crippen LogP contribution in [0.4, 0.5) is 0 Å². The summed E-state index contributed by atoms with van der Waals surface area (Å²) in [6.07, 6.45) is -5.61. The minimum absolute atomic E-state index is 0.0475. The van der Waals surface area contributed by atoms with Crippen LogP contribution in [0.15, 0.2) is 11.6 Å². The average molecular weight is 292 g/mol. The first-order valence-corrected chi connectivity index (χ1v) is 6.18. The minimum Gasteiger partial charge on any atom is -0.463 e. The van der Waals surface area contributed by atoms with E-state index in [-0.39, 0.29) is 12.2 Å². The molecule has 0 aromatic rings. The molecule has 0 radical (unpaired) electrons. The van der Waals surface area contributed by atoms with Crippen LogP contribution in [0.5, 0.6) is 0 Å². The fourth-order valence-electron chi connectivity index (χ4n) is 1.91. The van der Waals surface area contributed by atoms with Crippen molar-refractivity contribution in [2.75, 3.05) is 13.2 Å². The molecule has 8 heteroatoms. The second-order valence-electron chi connectivity index (χ2n) is 4.56. The molecule has 1 heterocycles. The zero-order valence-corrected chi connectivity index (χ0v) is 11.3. The van der Waals surface area contributed by atoms with Gasteiger partial charge in [-0.15, -0.1) is 0 Å². The van der Waals surface area contributed by atoms with Gasteiger partial charge in [0.1, 0.15) is 24.4 Å². The van der Waals surface area contributed by atoms with E-state index in [0.29, 0.717) is 0 Å². The van der Waals surface area contributed by atoms with Gasteiger partial charge in [0.2, 0.25) is 5.79 Å². The molecule has 1 fully saturated rings. The lowest BCUT2D eigenvalue weighted by Crippen LogP contribution is -2.64. The number of carbonyl (C=O) groups excluding carboxylic acids is 1. The summed E-state index contributed by atoms with van der Waals surface area (Å²) in [6, 6.07) is 0. The number of aliphatic hydroxyl groups is 5. The Morgan fingerprint density at radius 3 is 2.45 bits per heavy atom. The minimum atomic E-state index is -2.41. The average Bonchev–Trinajstić information content (AvgIpc) is 2.41. The van der Waals surface area contributed by atoms with E-state index in [1.54, 1.807) is 6.92 Å². The zero-order chi connectivity index (χ0) is 15.5. The third-order valence-corrected chi connectivity index (χ3v) is 3.02. The fourth-order valence-corrected chi connectivity index (χ4v) is 1.91. The van der Waals surface area contributed by atoms with E-state index in [4.69, 9.17) is 14.6 Å². The molecule has 8 nitrogen and oxygen atoms in total. The van der Waals surface area contributed by atoms with Crippen LogP contribution in [-0.2, 0) is 14.3 Å². The highest BCUT2D eigenvalue weighted by molar-refractivity contribution is 5.87. The molecule has 0 aliphatic carbocycles. The summed E-state index contributed by atoms with van der Waals surface area (Å²) in [5.74, 6) is -3.14. The first-order chi connectivity index (χ1) is 9.26. The van der Waals surface area contributed by atoms with E-state index in [0.717, 1.165) is 6.08 Å². The highest BCUT2D eigenvalue weighted by atomic mass is 16.7. The number of carbonyl (C=O) groups is 1. The van der Waals surface area contributed by atoms with E-state index in [9.17, 15) is 25.2 Å². The quantitative estimate of drug-likeness (QED) is 0.287. The standard InChI is InChI=1S/C12H20O8/c1-3-19-11(17)6(2)4-12(18)10(16)9(15)8(14)7(5-13)20-12/h4,7-10,13-16,18H,3,5H2,1-2H3/b6-4+/t7-,8-,9+,10-,12?/m1/s1. The van der Waals surface area contributed by atoms with Gasteiger partial charge in [-0.2, -0.15) is 0 Å². The molecule has 1 rings (SSSR count). The van der Waals surface area contributed by atoms with Gasteiger partial charge >= 0.3 is 5.97 Å². The Kier molecular flexibility index (Phi) is 5.63. The molecule has 1 unspecified atom stereocenters. The monoisotopic (exact) mass is 292 g/mol. The molecule has 1 aliphatic rings. The van der Waals surface area contributed by atoms with Crippen molar-refractivity contribution in [2.45, 2.75) is 44.1 Å². The van der Waals surface area contributed by atoms with E-state index in [1.807, 2.05) is 0 Å². The summed E-state index contributed by atoms with van der Waals surface area (Å²) in [5, 5.41) is 48.2. The van der Waals surface area contributed by atoms with Gasteiger partial charge in [-0.25, -0.2) is 4.79 Å². The van der Waals surface area contributed by atoms with Crippen molar-refractivity contribution in [3.63, 3.8) is 0 Å². The SMILES string of the molecule is CCOC(=O)/C(C)=C/C1(O)O[C@H](CO)[C@@H](O)[C@H](O)[C@H]1O. The molecule has 116 valence electrons. The second kappa shape index (κ2) is 6.61. The molecular weight excluding hydrogens is 272 g/mol. The first-order valence-electron chi connectivity index (χ1n) is 6.18. The van der Waals surface area contributed by atoms with E-state index < -0.39 is 42.8 Å². The van der Waals surface area contributed by atoms with E-state index in [1.165, 1.54) is 6.92 Å². The van der Waals surface area contributed by atoms with Gasteiger partial charge in [0.05, 0.1) is 13.2 Å². The van der Waals surface area contributed by atoms with Crippen LogP contribution in [0.3, 0.4) is 0 Å². The molecule has 5 atom stereocenters. The van der Waals surface area contributed by atoms with Crippen molar-refractivity contribution in [1.29, 1.82) is 0 Å². The molecule has 20 heavy (non-hydrogen) atoms. The lowest BCUT2D eigenvalue weighted by Gasteiger charge is -2.44. The summed E-state index contributed by atoms with van der Waals surface area (Å²) in [7, 11) is 0. The molecule has 0 spiro atoms. The largest absolute Gasteiger partial charge is 0.463 e. The summed E-state index contributed by atoms with van der Waals surface area (Å²) in [6.45, 7) is 2.39. The first kappa shape index (κ1) is 17.0. The van der Waals surface area contributed by atoms with Crippen LogP contribution in [-0.4, -0.2) is 74.9 Å². The number of rotatable bonds is 4. The van der Waals surface area contributed by atoms with Crippen LogP contribution in [0, 0.1) is 0 Å². The predicted octanol–water partition coefficient (Wildman–Crippen LogP) is -2.34. The van der Waals surface area contributed by atoms with Crippen LogP contribution in [0.1, 0.15) is 13.8 Å². The molecule has 0 bridgehead atoms. The summed E-state index contributed by atoms with van der Waals surface area (Å²) < 4.78 is 9.69. The summed E-state index contributed by atoms with van der Waals surface area (Å²) in [5.41, 5.74) is -0.0475. The molecule has 0 saturated carbocycles. The Hall–Kier alpha value is -1.03. The predicted molar refractivity (Wildman–Crippen MR) is 65.3 cm³/mol. The number of hydrogen-bond donors (Lipinski definition) is 5. The Labute approximate surface area is 115 Å². The number of aliphatic hydroxyl groups excluding tert-OH is 4. The van der Waals surface area contributed by atoms with Crippen molar-refractivity contribution in [2.24, 2.45) is 0 Å². The maximum absolute atomic E-state index is 11.5. The second-order valence-corrected chi connectivity index (χ2v) is 4.56. The highest BCUT2D eigenvalue weighted by Crippen LogP contribution is 2.30. The fraction of sp³-hybridized carbons (Fsp3) is 0.750. The topological polar surface area (TPSA) is 137 Å². The van der Waals surface area contributed by atoms with Crippen LogP contribution < -0.4 is 0 Å². The van der Waals surface area contributed by atoms with Crippen LogP contribution in [0.2, 0.25) is 0 Å². The third kappa shape index (κ3) is 3.35. The number of hydrogen-bond acceptors (Lipinski definition) is 8. The molecular formula is C12H20O8. The van der Waals surface area contributed by atoms with Gasteiger partial charge in [0.25, 0.3) is 0 Å². The normalized spacial score (nSPS) is 38.6. The maximum Gasteiger partial charge on any atom is 0.333 e. The van der Waals surface area contributed by atoms with Crippen molar-refractivity contribution >= 4 is 5.97 Å². The Morgan fingerprint density at radius 1 is 1.35 bits per heavy atom. The Balaban J connectivity index is 3.00. The molecule has 0 amide bonds. The number of ether oxygens (including phenoxy) is 2. The van der Waals surface area contributed by atoms with Crippen molar-refractivity contribution in [1.82, 2.24) is 0 Å². The van der Waals surface area contributed by atoms with Gasteiger partial charge in [0, 0.05) is 5.57 Å². The lowest BCUT2D eigenvalue weighted by molar-refractivity contribution is -0.327. The third-order valence-electron chi connectivity index (χ3n) is 3.02. The van der Waals surface area contributed by atoms with Crippen LogP contribution >= 0.6 is 0 Å². The molecule has 0 aromatic carbocycles. The highest BCUT2D eigenvalue weighted by Gasteiger charge is 2.51. The van der Waals surface area contributed by atoms with Gasteiger partial charge in [-0.3, -0.25) is 0 Å². The van der Waals surface area contributed by atoms with Gasteiger partial charge in [-0.05, 0) is 19.9 Å². The summed E-state index contributed by atoms with van der Waals surface area (Å²) in [4.78, 5) is 11.5. The van der Waals surface area contributed by atoms with Crippen molar-refractivity contribution in [3.05, 3.63) is 11.6 Å². The van der Waals surface area contributed by atoms with Crippen molar-refractivity contribution < 1.29 is 39.8 Å².